The third-order valence-electron chi connectivity index (χ3n) is 3.30. The monoisotopic (exact) mass is 403 g/mol. The first-order valence-electron chi connectivity index (χ1n) is 7.46. The highest BCUT2D eigenvalue weighted by Gasteiger charge is 2.02. The molecule has 0 aliphatic rings. The van der Waals surface area contributed by atoms with Gasteiger partial charge in [0.15, 0.2) is 0 Å². The largest absolute Gasteiger partial charge is 0.318 e. The smallest absolute Gasteiger partial charge is 0.265 e. The molecule has 128 valence electrons. The molecule has 0 saturated carbocycles. The summed E-state index contributed by atoms with van der Waals surface area (Å²) in [7, 11) is 1.70. The number of rotatable bonds is 2. The van der Waals surface area contributed by atoms with Crippen molar-refractivity contribution in [3.63, 3.8) is 0 Å². The number of aryl methyl sites for hydroxylation is 1. The molecule has 0 N–H and O–H groups in total. The van der Waals surface area contributed by atoms with Crippen molar-refractivity contribution < 1.29 is 8.78 Å². The van der Waals surface area contributed by atoms with Crippen molar-refractivity contribution in [2.45, 2.75) is 0 Å². The molecule has 0 atom stereocenters. The lowest BCUT2D eigenvalue weighted by molar-refractivity contribution is 0.627. The summed E-state index contributed by atoms with van der Waals surface area (Å²) < 4.78 is 26.7. The first-order valence-corrected chi connectivity index (χ1v) is 8.26. The van der Waals surface area contributed by atoms with Crippen LogP contribution in [0.5, 0.6) is 0 Å². The summed E-state index contributed by atoms with van der Waals surface area (Å²) in [5.41, 5.74) is 1.59. The van der Waals surface area contributed by atoms with E-state index in [1.807, 2.05) is 18.2 Å². The molecule has 0 aliphatic heterocycles. The van der Waals surface area contributed by atoms with Crippen molar-refractivity contribution in [2.24, 2.45) is 7.05 Å². The van der Waals surface area contributed by atoms with Crippen LogP contribution < -0.4 is 5.56 Å². The molecular weight excluding hydrogens is 388 g/mol. The number of hydrogen-bond donors (Lipinski definition) is 0. The fourth-order valence-corrected chi connectivity index (χ4v) is 2.46. The zero-order chi connectivity index (χ0) is 18.2. The standard InChI is InChI=1S/C14H11BrFNO.C6H5F/c1-17-9-8-11(13(15)14(17)18)5-2-10-3-6-12(16)7-4-10;7-6-4-2-1-3-5-6/h2-9H,1H3;1-5H/b5-2+;. The first kappa shape index (κ1) is 18.8. The minimum Gasteiger partial charge on any atom is -0.318 e. The SMILES string of the molecule is Cn1ccc(/C=C/c2ccc(F)cc2)c(Br)c1=O.Fc1ccccc1. The van der Waals surface area contributed by atoms with Crippen LogP contribution in [0.3, 0.4) is 0 Å². The van der Waals surface area contributed by atoms with Crippen molar-refractivity contribution in [2.75, 3.05) is 0 Å². The molecule has 2 aromatic carbocycles. The maximum absolute atomic E-state index is 12.7. The number of hydrogen-bond acceptors (Lipinski definition) is 1. The van der Waals surface area contributed by atoms with E-state index in [0.717, 1.165) is 11.1 Å². The molecule has 2 nitrogen and oxygen atoms in total. The molecular formula is C20H16BrF2NO. The molecule has 25 heavy (non-hydrogen) atoms. The Morgan fingerprint density at radius 2 is 1.48 bits per heavy atom. The quantitative estimate of drug-likeness (QED) is 0.570. The van der Waals surface area contributed by atoms with Crippen LogP contribution in [-0.4, -0.2) is 4.57 Å². The lowest BCUT2D eigenvalue weighted by Gasteiger charge is -2.01. The average Bonchev–Trinajstić information content (AvgIpc) is 2.62. The van der Waals surface area contributed by atoms with E-state index in [4.69, 9.17) is 0 Å². The van der Waals surface area contributed by atoms with Gasteiger partial charge in [0.2, 0.25) is 0 Å². The second-order valence-electron chi connectivity index (χ2n) is 5.18. The predicted molar refractivity (Wildman–Crippen MR) is 101 cm³/mol. The first-order chi connectivity index (χ1) is 12.0. The molecule has 3 rings (SSSR count). The van der Waals surface area contributed by atoms with Crippen LogP contribution in [-0.2, 0) is 7.05 Å². The molecule has 0 unspecified atom stereocenters. The molecule has 0 saturated heterocycles. The zero-order valence-corrected chi connectivity index (χ0v) is 15.1. The third-order valence-corrected chi connectivity index (χ3v) is 4.09. The van der Waals surface area contributed by atoms with E-state index in [-0.39, 0.29) is 17.2 Å². The Bertz CT molecular complexity index is 903. The van der Waals surface area contributed by atoms with Crippen LogP contribution in [0.25, 0.3) is 12.2 Å². The highest BCUT2D eigenvalue weighted by Crippen LogP contribution is 2.15. The van der Waals surface area contributed by atoms with Gasteiger partial charge in [0.1, 0.15) is 11.6 Å². The number of nitrogens with zero attached hydrogens (tertiary/aromatic N) is 1. The van der Waals surface area contributed by atoms with Gasteiger partial charge in [0.05, 0.1) is 4.47 Å². The van der Waals surface area contributed by atoms with E-state index in [1.165, 1.54) is 28.8 Å². The molecule has 0 bridgehead atoms. The van der Waals surface area contributed by atoms with Crippen LogP contribution in [0.15, 0.2) is 76.1 Å². The Hall–Kier alpha value is -2.53. The number of halogens is 3. The minimum absolute atomic E-state index is 0.0868. The summed E-state index contributed by atoms with van der Waals surface area (Å²) in [5, 5.41) is 0. The van der Waals surface area contributed by atoms with Gasteiger partial charge in [-0.2, -0.15) is 0 Å². The predicted octanol–water partition coefficient (Wildman–Crippen LogP) is 5.28. The van der Waals surface area contributed by atoms with Gasteiger partial charge in [-0.25, -0.2) is 8.78 Å². The van der Waals surface area contributed by atoms with Gasteiger partial charge in [0.25, 0.3) is 5.56 Å². The second-order valence-corrected chi connectivity index (χ2v) is 5.97. The van der Waals surface area contributed by atoms with Crippen LogP contribution in [0.1, 0.15) is 11.1 Å². The van der Waals surface area contributed by atoms with Crippen molar-refractivity contribution >= 4 is 28.1 Å². The van der Waals surface area contributed by atoms with Gasteiger partial charge in [-0.3, -0.25) is 4.79 Å². The summed E-state index contributed by atoms with van der Waals surface area (Å²) in [5.74, 6) is -0.440. The van der Waals surface area contributed by atoms with Crippen molar-refractivity contribution in [1.82, 2.24) is 4.57 Å². The topological polar surface area (TPSA) is 22.0 Å². The molecule has 1 heterocycles. The van der Waals surface area contributed by atoms with Gasteiger partial charge in [-0.1, -0.05) is 42.5 Å². The normalized spacial score (nSPS) is 10.4. The van der Waals surface area contributed by atoms with E-state index < -0.39 is 0 Å². The Balaban J connectivity index is 0.000000269. The maximum Gasteiger partial charge on any atom is 0.265 e. The summed E-state index contributed by atoms with van der Waals surface area (Å²) >= 11 is 3.27. The van der Waals surface area contributed by atoms with E-state index >= 15 is 0 Å². The molecule has 0 radical (unpaired) electrons. The number of benzene rings is 2. The van der Waals surface area contributed by atoms with E-state index in [1.54, 1.807) is 43.6 Å². The Labute approximate surface area is 153 Å². The third kappa shape index (κ3) is 5.80. The fraction of sp³-hybridized carbons (Fsp3) is 0.0500. The van der Waals surface area contributed by atoms with Gasteiger partial charge >= 0.3 is 0 Å². The zero-order valence-electron chi connectivity index (χ0n) is 13.5. The molecule has 1 aromatic heterocycles. The van der Waals surface area contributed by atoms with Crippen LogP contribution in [0.2, 0.25) is 0 Å². The van der Waals surface area contributed by atoms with Crippen LogP contribution >= 0.6 is 15.9 Å². The highest BCUT2D eigenvalue weighted by atomic mass is 79.9. The van der Waals surface area contributed by atoms with Gasteiger partial charge in [-0.15, -0.1) is 0 Å². The number of pyridine rings is 1. The average molecular weight is 404 g/mol. The van der Waals surface area contributed by atoms with Crippen molar-refractivity contribution in [3.8, 4) is 0 Å². The highest BCUT2D eigenvalue weighted by molar-refractivity contribution is 9.10. The minimum atomic E-state index is -0.262. The van der Waals surface area contributed by atoms with Crippen LogP contribution in [0.4, 0.5) is 8.78 Å². The molecule has 0 fully saturated rings. The maximum atomic E-state index is 12.7. The van der Waals surface area contributed by atoms with Gasteiger partial charge in [-0.05, 0) is 57.4 Å². The van der Waals surface area contributed by atoms with E-state index in [2.05, 4.69) is 15.9 Å². The van der Waals surface area contributed by atoms with Crippen LogP contribution in [0, 0.1) is 11.6 Å². The second kappa shape index (κ2) is 9.08. The Kier molecular flexibility index (Phi) is 6.83. The summed E-state index contributed by atoms with van der Waals surface area (Å²) in [6, 6.07) is 15.9. The van der Waals surface area contributed by atoms with Crippen molar-refractivity contribution in [3.05, 3.63) is 104 Å². The Morgan fingerprint density at radius 3 is 2.04 bits per heavy atom. The molecule has 0 aliphatic carbocycles. The summed E-state index contributed by atoms with van der Waals surface area (Å²) in [6.07, 6.45) is 5.36. The molecule has 0 amide bonds. The van der Waals surface area contributed by atoms with Gasteiger partial charge in [0, 0.05) is 13.2 Å². The fourth-order valence-electron chi connectivity index (χ4n) is 1.91. The van der Waals surface area contributed by atoms with Gasteiger partial charge < -0.3 is 4.57 Å². The molecule has 0 spiro atoms. The molecule has 3 aromatic rings. The lowest BCUT2D eigenvalue weighted by Crippen LogP contribution is -2.16. The summed E-state index contributed by atoms with van der Waals surface area (Å²) in [6.45, 7) is 0. The summed E-state index contributed by atoms with van der Waals surface area (Å²) in [4.78, 5) is 11.7. The van der Waals surface area contributed by atoms with E-state index in [9.17, 15) is 13.6 Å². The molecule has 5 heteroatoms. The lowest BCUT2D eigenvalue weighted by atomic mass is 10.1. The van der Waals surface area contributed by atoms with Crippen molar-refractivity contribution in [1.29, 1.82) is 0 Å². The Morgan fingerprint density at radius 1 is 0.880 bits per heavy atom. The van der Waals surface area contributed by atoms with E-state index in [0.29, 0.717) is 4.47 Å². The number of aromatic nitrogens is 1.